The van der Waals surface area contributed by atoms with Crippen LogP contribution in [0.4, 0.5) is 0 Å². The average Bonchev–Trinajstić information content (AvgIpc) is 2.95. The van der Waals surface area contributed by atoms with Gasteiger partial charge in [0.25, 0.3) is 10.1 Å². The molecule has 0 saturated heterocycles. The first-order chi connectivity index (χ1) is 19.4. The summed E-state index contributed by atoms with van der Waals surface area (Å²) >= 11 is 0. The molecule has 0 aliphatic heterocycles. The summed E-state index contributed by atoms with van der Waals surface area (Å²) in [6.45, 7) is 2.83. The number of carbonyl (C=O) groups is 2. The van der Waals surface area contributed by atoms with Crippen molar-refractivity contribution in [2.45, 2.75) is 44.5 Å². The number of ether oxygens (including phenoxy) is 1. The predicted octanol–water partition coefficient (Wildman–Crippen LogP) is 5.35. The normalized spacial score (nSPS) is 14.1. The number of rotatable bonds is 15. The molecule has 0 saturated carbocycles. The van der Waals surface area contributed by atoms with Crippen LogP contribution in [0.15, 0.2) is 89.8 Å². The summed E-state index contributed by atoms with van der Waals surface area (Å²) in [5.74, 6) is -2.58. The van der Waals surface area contributed by atoms with Crippen LogP contribution in [0.3, 0.4) is 0 Å². The van der Waals surface area contributed by atoms with E-state index in [9.17, 15) is 27.7 Å². The van der Waals surface area contributed by atoms with Crippen molar-refractivity contribution < 1.29 is 45.6 Å². The zero-order chi connectivity index (χ0) is 30.1. The molecule has 0 amide bonds. The van der Waals surface area contributed by atoms with E-state index in [0.29, 0.717) is 11.1 Å². The van der Waals surface area contributed by atoms with Crippen molar-refractivity contribution in [3.63, 3.8) is 0 Å². The van der Waals surface area contributed by atoms with Gasteiger partial charge in [0, 0.05) is 6.42 Å². The number of benzene rings is 3. The predicted molar refractivity (Wildman–Crippen MR) is 151 cm³/mol. The van der Waals surface area contributed by atoms with E-state index < -0.39 is 53.8 Å². The van der Waals surface area contributed by atoms with E-state index >= 15 is 0 Å². The van der Waals surface area contributed by atoms with E-state index in [2.05, 4.69) is 0 Å². The van der Waals surface area contributed by atoms with Crippen LogP contribution in [0.2, 0.25) is 0 Å². The molecule has 220 valence electrons. The Morgan fingerprint density at radius 1 is 0.878 bits per heavy atom. The zero-order valence-electron chi connectivity index (χ0n) is 23.0. The van der Waals surface area contributed by atoms with Gasteiger partial charge in [0.05, 0.1) is 36.8 Å². The Labute approximate surface area is 239 Å². The van der Waals surface area contributed by atoms with E-state index in [4.69, 9.17) is 18.0 Å². The number of hydrogen-bond acceptors (Lipinski definition) is 9. The van der Waals surface area contributed by atoms with Crippen molar-refractivity contribution in [2.24, 2.45) is 5.41 Å². The fraction of sp³-hybridized carbons (Fsp3) is 0.310. The van der Waals surface area contributed by atoms with Crippen LogP contribution >= 0.6 is 7.60 Å². The highest BCUT2D eigenvalue weighted by molar-refractivity contribution is 7.86. The molecule has 0 aromatic heterocycles. The van der Waals surface area contributed by atoms with E-state index in [-0.39, 0.29) is 18.1 Å². The molecular weight excluding hydrogens is 571 g/mol. The Morgan fingerprint density at radius 2 is 1.37 bits per heavy atom. The highest BCUT2D eigenvalue weighted by atomic mass is 32.2. The lowest BCUT2D eigenvalue weighted by molar-refractivity contribution is -0.155. The molecule has 0 heterocycles. The number of hydrogen-bond donors (Lipinski definition) is 1. The lowest BCUT2D eigenvalue weighted by Crippen LogP contribution is -2.41. The fourth-order valence-corrected chi connectivity index (χ4v) is 7.09. The second-order valence-electron chi connectivity index (χ2n) is 9.73. The Bertz CT molecular complexity index is 1410. The zero-order valence-corrected chi connectivity index (χ0v) is 24.7. The summed E-state index contributed by atoms with van der Waals surface area (Å²) in [4.78, 5) is 25.0. The van der Waals surface area contributed by atoms with E-state index in [1.807, 2.05) is 0 Å². The molecule has 0 bridgehead atoms. The standard InChI is InChI=1S/C29H33O10PS/c1-22-14-16-25(17-15-22)41(34,35)39-26(27(30)31)18-29(2,28(32)36-3)21-40(33,37-19-23-10-6-4-7-11-23)38-20-24-12-8-5-9-13-24/h4-17,26H,18-21H2,1-3H3,(H,30,31)/t26-,29+/m1/s1. The van der Waals surface area contributed by atoms with Crippen LogP contribution in [0, 0.1) is 12.3 Å². The molecule has 0 aliphatic carbocycles. The number of methoxy groups -OCH3 is 1. The van der Waals surface area contributed by atoms with Gasteiger partial charge in [-0.25, -0.2) is 4.79 Å². The van der Waals surface area contributed by atoms with Gasteiger partial charge in [0.1, 0.15) is 0 Å². The molecule has 0 unspecified atom stereocenters. The van der Waals surface area contributed by atoms with Crippen molar-refractivity contribution in [3.8, 4) is 0 Å². The number of carboxylic acids is 1. The van der Waals surface area contributed by atoms with Gasteiger partial charge in [0.2, 0.25) is 0 Å². The molecule has 12 heteroatoms. The summed E-state index contributed by atoms with van der Waals surface area (Å²) in [5, 5.41) is 9.87. The van der Waals surface area contributed by atoms with Gasteiger partial charge in [0.15, 0.2) is 6.10 Å². The molecule has 0 radical (unpaired) electrons. The Balaban J connectivity index is 1.90. The van der Waals surface area contributed by atoms with Crippen LogP contribution in [-0.4, -0.2) is 44.8 Å². The number of carboxylic acid groups (broad SMARTS) is 1. The first-order valence-corrected chi connectivity index (χ1v) is 15.8. The van der Waals surface area contributed by atoms with Gasteiger partial charge in [-0.05, 0) is 37.1 Å². The number of esters is 1. The highest BCUT2D eigenvalue weighted by Crippen LogP contribution is 2.55. The minimum Gasteiger partial charge on any atom is -0.479 e. The maximum atomic E-state index is 14.1. The van der Waals surface area contributed by atoms with Crippen LogP contribution < -0.4 is 0 Å². The third kappa shape index (κ3) is 9.34. The molecule has 3 aromatic rings. The van der Waals surface area contributed by atoms with Crippen LogP contribution in [-0.2, 0) is 55.5 Å². The van der Waals surface area contributed by atoms with Gasteiger partial charge in [-0.3, -0.25) is 13.5 Å². The van der Waals surface area contributed by atoms with E-state index in [1.165, 1.54) is 31.2 Å². The minimum absolute atomic E-state index is 0.120. The minimum atomic E-state index is -4.53. The van der Waals surface area contributed by atoms with E-state index in [1.54, 1.807) is 67.6 Å². The molecule has 0 aliphatic rings. The lowest BCUT2D eigenvalue weighted by Gasteiger charge is -2.32. The molecule has 3 aromatic carbocycles. The van der Waals surface area contributed by atoms with Crippen molar-refractivity contribution >= 4 is 29.7 Å². The first kappa shape index (κ1) is 32.2. The molecule has 0 fully saturated rings. The van der Waals surface area contributed by atoms with Gasteiger partial charge in [-0.15, -0.1) is 0 Å². The summed E-state index contributed by atoms with van der Waals surface area (Å²) in [6, 6.07) is 23.4. The van der Waals surface area contributed by atoms with Gasteiger partial charge >= 0.3 is 19.5 Å². The first-order valence-electron chi connectivity index (χ1n) is 12.6. The molecule has 0 spiro atoms. The van der Waals surface area contributed by atoms with Gasteiger partial charge in [-0.1, -0.05) is 78.4 Å². The Hall–Kier alpha value is -3.34. The smallest absolute Gasteiger partial charge is 0.334 e. The fourth-order valence-electron chi connectivity index (χ4n) is 3.99. The maximum absolute atomic E-state index is 14.1. The largest absolute Gasteiger partial charge is 0.479 e. The number of aliphatic carboxylic acids is 1. The molecule has 3 rings (SSSR count). The SMILES string of the molecule is COC(=O)[C@@](C)(C[C@@H](OS(=O)(=O)c1ccc(C)cc1)C(=O)O)CP(=O)(OCc1ccccc1)OCc1ccccc1. The monoisotopic (exact) mass is 604 g/mol. The van der Waals surface area contributed by atoms with Crippen LogP contribution in [0.5, 0.6) is 0 Å². The second-order valence-corrected chi connectivity index (χ2v) is 13.4. The summed E-state index contributed by atoms with van der Waals surface area (Å²) in [7, 11) is -7.58. The number of aryl methyl sites for hydroxylation is 1. The Kier molecular flexibility index (Phi) is 11.0. The van der Waals surface area contributed by atoms with Gasteiger partial charge < -0.3 is 18.9 Å². The van der Waals surface area contributed by atoms with Crippen LogP contribution in [0.25, 0.3) is 0 Å². The second kappa shape index (κ2) is 14.0. The van der Waals surface area contributed by atoms with Crippen molar-refractivity contribution in [1.29, 1.82) is 0 Å². The topological polar surface area (TPSA) is 142 Å². The molecule has 41 heavy (non-hydrogen) atoms. The molecule has 1 N–H and O–H groups in total. The quantitative estimate of drug-likeness (QED) is 0.137. The highest BCUT2D eigenvalue weighted by Gasteiger charge is 2.47. The third-order valence-corrected chi connectivity index (χ3v) is 9.69. The van der Waals surface area contributed by atoms with Crippen molar-refractivity contribution in [3.05, 3.63) is 102 Å². The number of carbonyl (C=O) groups excluding carboxylic acids is 1. The lowest BCUT2D eigenvalue weighted by atomic mass is 9.86. The average molecular weight is 605 g/mol. The molecular formula is C29H33O10PS. The van der Waals surface area contributed by atoms with Gasteiger partial charge in [-0.2, -0.15) is 8.42 Å². The summed E-state index contributed by atoms with van der Waals surface area (Å²) in [5.41, 5.74) is 0.320. The van der Waals surface area contributed by atoms with Crippen molar-refractivity contribution in [2.75, 3.05) is 13.3 Å². The summed E-state index contributed by atoms with van der Waals surface area (Å²) < 4.78 is 61.4. The molecule has 2 atom stereocenters. The Morgan fingerprint density at radius 3 is 1.80 bits per heavy atom. The molecule has 10 nitrogen and oxygen atoms in total. The third-order valence-electron chi connectivity index (χ3n) is 6.23. The van der Waals surface area contributed by atoms with Crippen LogP contribution in [0.1, 0.15) is 30.0 Å². The van der Waals surface area contributed by atoms with Crippen molar-refractivity contribution in [1.82, 2.24) is 0 Å². The summed E-state index contributed by atoms with van der Waals surface area (Å²) in [6.07, 6.45) is -3.32. The van der Waals surface area contributed by atoms with E-state index in [0.717, 1.165) is 12.7 Å². The maximum Gasteiger partial charge on any atom is 0.334 e.